The van der Waals surface area contributed by atoms with Gasteiger partial charge in [0.25, 0.3) is 0 Å². The fourth-order valence-corrected chi connectivity index (χ4v) is 3.11. The highest BCUT2D eigenvalue weighted by Crippen LogP contribution is 2.31. The molecule has 1 aliphatic rings. The molecule has 0 unspecified atom stereocenters. The highest BCUT2D eigenvalue weighted by molar-refractivity contribution is 5.80. The summed E-state index contributed by atoms with van der Waals surface area (Å²) < 4.78 is 12.9. The van der Waals surface area contributed by atoms with Crippen LogP contribution in [0.4, 0.5) is 4.39 Å². The maximum Gasteiger partial charge on any atom is 0.228 e. The van der Waals surface area contributed by atoms with Crippen LogP contribution >= 0.6 is 0 Å². The molecule has 0 aromatic heterocycles. The molecule has 126 valence electrons. The van der Waals surface area contributed by atoms with E-state index in [0.717, 1.165) is 5.56 Å². The summed E-state index contributed by atoms with van der Waals surface area (Å²) in [4.78, 5) is 27.0. The number of aliphatic hydroxyl groups excluding tert-OH is 1. The molecule has 1 aromatic rings. The molecule has 0 heterocycles. The molecule has 1 saturated carbocycles. The summed E-state index contributed by atoms with van der Waals surface area (Å²) in [7, 11) is 3.31. The Hall–Kier alpha value is -1.95. The predicted molar refractivity (Wildman–Crippen MR) is 83.8 cm³/mol. The van der Waals surface area contributed by atoms with Crippen LogP contribution in [0, 0.1) is 11.7 Å². The van der Waals surface area contributed by atoms with E-state index < -0.39 is 12.0 Å². The minimum atomic E-state index is -0.855. The zero-order chi connectivity index (χ0) is 17.1. The largest absolute Gasteiger partial charge is 0.390 e. The molecule has 1 N–H and O–H groups in total. The van der Waals surface area contributed by atoms with E-state index in [1.165, 1.54) is 28.9 Å². The summed E-state index contributed by atoms with van der Waals surface area (Å²) in [5.74, 6) is -1.10. The van der Waals surface area contributed by atoms with Crippen LogP contribution in [0.3, 0.4) is 0 Å². The van der Waals surface area contributed by atoms with Gasteiger partial charge in [0.1, 0.15) is 5.82 Å². The Morgan fingerprint density at radius 2 is 1.83 bits per heavy atom. The van der Waals surface area contributed by atoms with E-state index in [1.54, 1.807) is 26.2 Å². The quantitative estimate of drug-likeness (QED) is 0.911. The molecule has 3 atom stereocenters. The van der Waals surface area contributed by atoms with Crippen molar-refractivity contribution in [3.63, 3.8) is 0 Å². The van der Waals surface area contributed by atoms with Gasteiger partial charge >= 0.3 is 0 Å². The van der Waals surface area contributed by atoms with Gasteiger partial charge in [-0.15, -0.1) is 0 Å². The highest BCUT2D eigenvalue weighted by atomic mass is 19.1. The van der Waals surface area contributed by atoms with Crippen LogP contribution in [-0.4, -0.2) is 53.0 Å². The van der Waals surface area contributed by atoms with Gasteiger partial charge in [0.15, 0.2) is 0 Å². The number of rotatable bonds is 4. The van der Waals surface area contributed by atoms with Gasteiger partial charge in [-0.1, -0.05) is 12.1 Å². The van der Waals surface area contributed by atoms with E-state index in [-0.39, 0.29) is 23.7 Å². The zero-order valence-corrected chi connectivity index (χ0v) is 13.7. The lowest BCUT2D eigenvalue weighted by Gasteiger charge is -2.29. The maximum absolute atomic E-state index is 12.9. The highest BCUT2D eigenvalue weighted by Gasteiger charge is 2.42. The number of carbonyl (C=O) groups excluding carboxylic acids is 2. The standard InChI is InChI=1S/C17H23FN2O3/c1-11(21)20(3)15-9-8-14(16(15)22)17(23)19(2)10-12-4-6-13(18)7-5-12/h4-7,14-16,22H,8-10H2,1-3H3/t14-,15-,16+/m1/s1. The molecule has 23 heavy (non-hydrogen) atoms. The monoisotopic (exact) mass is 322 g/mol. The van der Waals surface area contributed by atoms with Gasteiger partial charge in [-0.2, -0.15) is 0 Å². The van der Waals surface area contributed by atoms with E-state index >= 15 is 0 Å². The van der Waals surface area contributed by atoms with Crippen LogP contribution < -0.4 is 0 Å². The lowest BCUT2D eigenvalue weighted by atomic mass is 10.0. The summed E-state index contributed by atoms with van der Waals surface area (Å²) in [6.45, 7) is 1.80. The number of amides is 2. The molecule has 0 spiro atoms. The number of hydrogen-bond donors (Lipinski definition) is 1. The summed E-state index contributed by atoms with van der Waals surface area (Å²) in [6.07, 6.45) is 0.306. The summed E-state index contributed by atoms with van der Waals surface area (Å²) in [6, 6.07) is 5.67. The lowest BCUT2D eigenvalue weighted by Crippen LogP contribution is -2.45. The number of benzene rings is 1. The summed E-state index contributed by atoms with van der Waals surface area (Å²) in [5, 5.41) is 10.4. The van der Waals surface area contributed by atoms with Crippen LogP contribution in [-0.2, 0) is 16.1 Å². The Morgan fingerprint density at radius 3 is 2.39 bits per heavy atom. The Bertz CT molecular complexity index is 576. The molecule has 2 rings (SSSR count). The number of carbonyl (C=O) groups is 2. The molecule has 1 fully saturated rings. The van der Waals surface area contributed by atoms with E-state index in [4.69, 9.17) is 0 Å². The first-order chi connectivity index (χ1) is 10.8. The van der Waals surface area contributed by atoms with E-state index in [0.29, 0.717) is 19.4 Å². The molecule has 0 radical (unpaired) electrons. The number of hydrogen-bond acceptors (Lipinski definition) is 3. The minimum Gasteiger partial charge on any atom is -0.390 e. The predicted octanol–water partition coefficient (Wildman–Crippen LogP) is 1.40. The molecule has 2 amide bonds. The third-order valence-corrected chi connectivity index (χ3v) is 4.60. The first-order valence-corrected chi connectivity index (χ1v) is 7.72. The smallest absolute Gasteiger partial charge is 0.228 e. The summed E-state index contributed by atoms with van der Waals surface area (Å²) in [5.41, 5.74) is 0.826. The Kier molecular flexibility index (Phi) is 5.36. The molecule has 0 aliphatic heterocycles. The van der Waals surface area contributed by atoms with Crippen LogP contribution in [0.2, 0.25) is 0 Å². The van der Waals surface area contributed by atoms with E-state index in [1.807, 2.05) is 0 Å². The van der Waals surface area contributed by atoms with Crippen molar-refractivity contribution < 1.29 is 19.1 Å². The first-order valence-electron chi connectivity index (χ1n) is 7.72. The molecule has 1 aliphatic carbocycles. The molecule has 1 aromatic carbocycles. The summed E-state index contributed by atoms with van der Waals surface area (Å²) >= 11 is 0. The molecule has 0 saturated heterocycles. The average Bonchev–Trinajstić information content (AvgIpc) is 2.89. The molecular weight excluding hydrogens is 299 g/mol. The second-order valence-electron chi connectivity index (χ2n) is 6.19. The van der Waals surface area contributed by atoms with Crippen molar-refractivity contribution in [3.8, 4) is 0 Å². The second kappa shape index (κ2) is 7.08. The molecule has 0 bridgehead atoms. The third-order valence-electron chi connectivity index (χ3n) is 4.60. The van der Waals surface area contributed by atoms with Gasteiger partial charge in [0.05, 0.1) is 18.1 Å². The van der Waals surface area contributed by atoms with Crippen LogP contribution in [0.25, 0.3) is 0 Å². The van der Waals surface area contributed by atoms with Gasteiger partial charge < -0.3 is 14.9 Å². The van der Waals surface area contributed by atoms with Gasteiger partial charge in [-0.05, 0) is 30.5 Å². The third kappa shape index (κ3) is 3.88. The first kappa shape index (κ1) is 17.4. The van der Waals surface area contributed by atoms with E-state index in [2.05, 4.69) is 0 Å². The van der Waals surface area contributed by atoms with Crippen molar-refractivity contribution in [2.45, 2.75) is 38.5 Å². The molecule has 6 heteroatoms. The van der Waals surface area contributed by atoms with Gasteiger partial charge in [0.2, 0.25) is 11.8 Å². The molecule has 5 nitrogen and oxygen atoms in total. The van der Waals surface area contributed by atoms with Crippen LogP contribution in [0.15, 0.2) is 24.3 Å². The normalized spacial score (nSPS) is 23.6. The van der Waals surface area contributed by atoms with Gasteiger partial charge in [-0.25, -0.2) is 4.39 Å². The zero-order valence-electron chi connectivity index (χ0n) is 13.7. The fraction of sp³-hybridized carbons (Fsp3) is 0.529. The molecular formula is C17H23FN2O3. The number of likely N-dealkylation sites (N-methyl/N-ethyl adjacent to an activating group) is 1. The Morgan fingerprint density at radius 1 is 1.22 bits per heavy atom. The van der Waals surface area contributed by atoms with Crippen molar-refractivity contribution in [1.29, 1.82) is 0 Å². The van der Waals surface area contributed by atoms with Crippen molar-refractivity contribution in [1.82, 2.24) is 9.80 Å². The SMILES string of the molecule is CC(=O)N(C)[C@@H]1CC[C@@H](C(=O)N(C)Cc2ccc(F)cc2)[C@@H]1O. The topological polar surface area (TPSA) is 60.9 Å². The number of nitrogens with zero attached hydrogens (tertiary/aromatic N) is 2. The van der Waals surface area contributed by atoms with Crippen molar-refractivity contribution >= 4 is 11.8 Å². The van der Waals surface area contributed by atoms with Crippen LogP contribution in [0.5, 0.6) is 0 Å². The number of aliphatic hydroxyl groups is 1. The Balaban J connectivity index is 1.99. The fourth-order valence-electron chi connectivity index (χ4n) is 3.11. The van der Waals surface area contributed by atoms with Crippen molar-refractivity contribution in [3.05, 3.63) is 35.6 Å². The van der Waals surface area contributed by atoms with Gasteiger partial charge in [-0.3, -0.25) is 9.59 Å². The minimum absolute atomic E-state index is 0.123. The Labute approximate surface area is 135 Å². The van der Waals surface area contributed by atoms with Gasteiger partial charge in [0, 0.05) is 27.6 Å². The number of halogens is 1. The average molecular weight is 322 g/mol. The second-order valence-corrected chi connectivity index (χ2v) is 6.19. The van der Waals surface area contributed by atoms with E-state index in [9.17, 15) is 19.1 Å². The maximum atomic E-state index is 12.9. The van der Waals surface area contributed by atoms with Crippen molar-refractivity contribution in [2.24, 2.45) is 5.92 Å². The van der Waals surface area contributed by atoms with Crippen molar-refractivity contribution in [2.75, 3.05) is 14.1 Å². The van der Waals surface area contributed by atoms with Crippen LogP contribution in [0.1, 0.15) is 25.3 Å². The lowest BCUT2D eigenvalue weighted by molar-refractivity contribution is -0.140.